The van der Waals surface area contributed by atoms with Crippen LogP contribution in [0, 0.1) is 0 Å². The highest BCUT2D eigenvalue weighted by Gasteiger charge is 1.95. The molecular formula is C9H8Cl2. The van der Waals surface area contributed by atoms with E-state index in [2.05, 4.69) is 6.58 Å². The molecule has 0 bridgehead atoms. The number of alkyl halides is 1. The average molecular weight is 187 g/mol. The zero-order valence-corrected chi connectivity index (χ0v) is 7.49. The summed E-state index contributed by atoms with van der Waals surface area (Å²) in [6.45, 7) is 3.80. The molecule has 1 aromatic rings. The molecular weight excluding hydrogens is 179 g/mol. The maximum absolute atomic E-state index is 5.70. The molecule has 0 heterocycles. The molecule has 0 fully saturated rings. The highest BCUT2D eigenvalue weighted by molar-refractivity contribution is 6.30. The Bertz CT molecular complexity index is 249. The fourth-order valence-electron chi connectivity index (χ4n) is 0.763. The maximum Gasteiger partial charge on any atom is 0.0474 e. The van der Waals surface area contributed by atoms with E-state index in [1.54, 1.807) is 0 Å². The standard InChI is InChI=1S/C9H8Cl2/c1-7(6-10)8-2-4-9(11)5-3-8/h2-5H,1,6H2. The van der Waals surface area contributed by atoms with Gasteiger partial charge in [-0.2, -0.15) is 0 Å². The Balaban J connectivity index is 2.90. The molecule has 0 aliphatic carbocycles. The highest BCUT2D eigenvalue weighted by Crippen LogP contribution is 2.16. The van der Waals surface area contributed by atoms with Gasteiger partial charge in [-0.1, -0.05) is 30.3 Å². The zero-order valence-electron chi connectivity index (χ0n) is 5.98. The van der Waals surface area contributed by atoms with Gasteiger partial charge in [-0.15, -0.1) is 11.6 Å². The van der Waals surface area contributed by atoms with Crippen LogP contribution in [0.15, 0.2) is 30.8 Å². The van der Waals surface area contributed by atoms with Crippen molar-refractivity contribution >= 4 is 28.8 Å². The van der Waals surface area contributed by atoms with Gasteiger partial charge in [-0.05, 0) is 23.3 Å². The summed E-state index contributed by atoms with van der Waals surface area (Å²) in [6, 6.07) is 7.48. The second-order valence-electron chi connectivity index (χ2n) is 2.24. The second-order valence-corrected chi connectivity index (χ2v) is 2.95. The van der Waals surface area contributed by atoms with E-state index in [1.807, 2.05) is 24.3 Å². The first-order valence-corrected chi connectivity index (χ1v) is 4.15. The van der Waals surface area contributed by atoms with Crippen LogP contribution in [0.25, 0.3) is 5.57 Å². The fourth-order valence-corrected chi connectivity index (χ4v) is 1.04. The summed E-state index contributed by atoms with van der Waals surface area (Å²) < 4.78 is 0. The molecule has 1 aromatic carbocycles. The average Bonchev–Trinajstić information content (AvgIpc) is 2.05. The van der Waals surface area contributed by atoms with Gasteiger partial charge in [0, 0.05) is 10.9 Å². The molecule has 0 N–H and O–H groups in total. The van der Waals surface area contributed by atoms with E-state index in [0.29, 0.717) is 5.88 Å². The van der Waals surface area contributed by atoms with E-state index >= 15 is 0 Å². The summed E-state index contributed by atoms with van der Waals surface area (Å²) in [6.07, 6.45) is 0. The lowest BCUT2D eigenvalue weighted by Gasteiger charge is -1.99. The van der Waals surface area contributed by atoms with Crippen molar-refractivity contribution in [2.45, 2.75) is 0 Å². The van der Waals surface area contributed by atoms with E-state index in [0.717, 1.165) is 16.2 Å². The molecule has 0 saturated carbocycles. The van der Waals surface area contributed by atoms with Crippen molar-refractivity contribution in [3.8, 4) is 0 Å². The predicted molar refractivity (Wildman–Crippen MR) is 51.2 cm³/mol. The second kappa shape index (κ2) is 3.80. The van der Waals surface area contributed by atoms with Gasteiger partial charge in [0.2, 0.25) is 0 Å². The van der Waals surface area contributed by atoms with Crippen LogP contribution in [-0.2, 0) is 0 Å². The van der Waals surface area contributed by atoms with Gasteiger partial charge in [-0.25, -0.2) is 0 Å². The number of halogens is 2. The van der Waals surface area contributed by atoms with Crippen molar-refractivity contribution in [2.24, 2.45) is 0 Å². The van der Waals surface area contributed by atoms with Gasteiger partial charge in [0.1, 0.15) is 0 Å². The van der Waals surface area contributed by atoms with Gasteiger partial charge >= 0.3 is 0 Å². The van der Waals surface area contributed by atoms with Gasteiger partial charge in [0.05, 0.1) is 0 Å². The van der Waals surface area contributed by atoms with Crippen molar-refractivity contribution in [2.75, 3.05) is 5.88 Å². The third-order valence-corrected chi connectivity index (χ3v) is 1.99. The van der Waals surface area contributed by atoms with Crippen LogP contribution in [0.5, 0.6) is 0 Å². The molecule has 2 heteroatoms. The Morgan fingerprint density at radius 3 is 2.27 bits per heavy atom. The number of hydrogen-bond acceptors (Lipinski definition) is 0. The third kappa shape index (κ3) is 2.25. The minimum Gasteiger partial charge on any atom is -0.122 e. The lowest BCUT2D eigenvalue weighted by atomic mass is 10.1. The van der Waals surface area contributed by atoms with Gasteiger partial charge in [0.25, 0.3) is 0 Å². The quantitative estimate of drug-likeness (QED) is 0.620. The van der Waals surface area contributed by atoms with Crippen molar-refractivity contribution in [3.63, 3.8) is 0 Å². The van der Waals surface area contributed by atoms with E-state index < -0.39 is 0 Å². The summed E-state index contributed by atoms with van der Waals surface area (Å²) >= 11 is 11.3. The SMILES string of the molecule is C=C(CCl)c1ccc(Cl)cc1. The van der Waals surface area contributed by atoms with Crippen molar-refractivity contribution in [3.05, 3.63) is 41.4 Å². The first kappa shape index (κ1) is 8.63. The summed E-state index contributed by atoms with van der Waals surface area (Å²) in [5.41, 5.74) is 1.97. The number of rotatable bonds is 2. The molecule has 0 atom stereocenters. The van der Waals surface area contributed by atoms with E-state index in [9.17, 15) is 0 Å². The largest absolute Gasteiger partial charge is 0.122 e. The summed E-state index contributed by atoms with van der Waals surface area (Å²) in [4.78, 5) is 0. The summed E-state index contributed by atoms with van der Waals surface area (Å²) in [5, 5.41) is 0.733. The Hall–Kier alpha value is -0.460. The summed E-state index contributed by atoms with van der Waals surface area (Å²) in [7, 11) is 0. The maximum atomic E-state index is 5.70. The van der Waals surface area contributed by atoms with E-state index in [-0.39, 0.29) is 0 Å². The minimum atomic E-state index is 0.460. The molecule has 0 aromatic heterocycles. The lowest BCUT2D eigenvalue weighted by Crippen LogP contribution is -1.81. The number of hydrogen-bond donors (Lipinski definition) is 0. The normalized spacial score (nSPS) is 9.64. The molecule has 0 saturated heterocycles. The summed E-state index contributed by atoms with van der Waals surface area (Å²) in [5.74, 6) is 0.460. The van der Waals surface area contributed by atoms with Crippen LogP contribution in [0.3, 0.4) is 0 Å². The van der Waals surface area contributed by atoms with Crippen LogP contribution >= 0.6 is 23.2 Å². The molecule has 0 nitrogen and oxygen atoms in total. The van der Waals surface area contributed by atoms with Gasteiger partial charge < -0.3 is 0 Å². The van der Waals surface area contributed by atoms with Crippen LogP contribution in [0.1, 0.15) is 5.56 Å². The molecule has 58 valence electrons. The monoisotopic (exact) mass is 186 g/mol. The Morgan fingerprint density at radius 2 is 1.82 bits per heavy atom. The van der Waals surface area contributed by atoms with Crippen molar-refractivity contribution < 1.29 is 0 Å². The molecule has 1 rings (SSSR count). The first-order chi connectivity index (χ1) is 5.24. The Kier molecular flexibility index (Phi) is 2.98. The molecule has 0 unspecified atom stereocenters. The van der Waals surface area contributed by atoms with Crippen LogP contribution < -0.4 is 0 Å². The van der Waals surface area contributed by atoms with Crippen LogP contribution in [0.4, 0.5) is 0 Å². The Labute approximate surface area is 76.4 Å². The van der Waals surface area contributed by atoms with Gasteiger partial charge in [0.15, 0.2) is 0 Å². The van der Waals surface area contributed by atoms with Crippen LogP contribution in [-0.4, -0.2) is 5.88 Å². The smallest absolute Gasteiger partial charge is 0.0474 e. The van der Waals surface area contributed by atoms with E-state index in [4.69, 9.17) is 23.2 Å². The van der Waals surface area contributed by atoms with Crippen molar-refractivity contribution in [1.29, 1.82) is 0 Å². The van der Waals surface area contributed by atoms with Gasteiger partial charge in [-0.3, -0.25) is 0 Å². The first-order valence-electron chi connectivity index (χ1n) is 3.23. The molecule has 0 aliphatic heterocycles. The topological polar surface area (TPSA) is 0 Å². The number of allylic oxidation sites excluding steroid dienone is 1. The highest BCUT2D eigenvalue weighted by atomic mass is 35.5. The number of benzene rings is 1. The molecule has 0 radical (unpaired) electrons. The molecule has 0 aliphatic rings. The lowest BCUT2D eigenvalue weighted by molar-refractivity contribution is 1.58. The van der Waals surface area contributed by atoms with Crippen LogP contribution in [0.2, 0.25) is 5.02 Å². The Morgan fingerprint density at radius 1 is 1.27 bits per heavy atom. The fraction of sp³-hybridized carbons (Fsp3) is 0.111. The van der Waals surface area contributed by atoms with E-state index in [1.165, 1.54) is 0 Å². The zero-order chi connectivity index (χ0) is 8.27. The minimum absolute atomic E-state index is 0.460. The predicted octanol–water partition coefficient (Wildman–Crippen LogP) is 3.59. The third-order valence-electron chi connectivity index (χ3n) is 1.41. The molecule has 0 spiro atoms. The van der Waals surface area contributed by atoms with Crippen molar-refractivity contribution in [1.82, 2.24) is 0 Å². The molecule has 11 heavy (non-hydrogen) atoms. The molecule has 0 amide bonds.